The van der Waals surface area contributed by atoms with Crippen molar-refractivity contribution in [3.05, 3.63) is 24.3 Å². The number of benzene rings is 1. The zero-order valence-corrected chi connectivity index (χ0v) is 12.2. The lowest BCUT2D eigenvalue weighted by molar-refractivity contribution is -0.137. The van der Waals surface area contributed by atoms with E-state index in [0.717, 1.165) is 0 Å². The minimum absolute atomic E-state index is 0.0372. The van der Waals surface area contributed by atoms with Crippen molar-refractivity contribution in [2.45, 2.75) is 30.7 Å². The van der Waals surface area contributed by atoms with Gasteiger partial charge in [-0.2, -0.15) is 0 Å². The molecule has 9 heteroatoms. The summed E-state index contributed by atoms with van der Waals surface area (Å²) in [5.74, 6) is -0.928. The first kappa shape index (κ1) is 16.9. The number of amides is 2. The van der Waals surface area contributed by atoms with Gasteiger partial charge in [0.1, 0.15) is 0 Å². The van der Waals surface area contributed by atoms with Gasteiger partial charge in [0.25, 0.3) is 0 Å². The number of sulfonamides is 1. The molecule has 116 valence electrons. The highest BCUT2D eigenvalue weighted by atomic mass is 32.2. The van der Waals surface area contributed by atoms with Crippen LogP contribution in [0.1, 0.15) is 19.8 Å². The van der Waals surface area contributed by atoms with Crippen LogP contribution in [-0.4, -0.2) is 31.6 Å². The molecule has 21 heavy (non-hydrogen) atoms. The minimum atomic E-state index is -3.77. The number of hydrogen-bond donors (Lipinski definition) is 4. The second kappa shape index (κ2) is 7.04. The van der Waals surface area contributed by atoms with Crippen molar-refractivity contribution < 1.29 is 23.1 Å². The highest BCUT2D eigenvalue weighted by molar-refractivity contribution is 7.89. The fourth-order valence-corrected chi connectivity index (χ4v) is 2.05. The molecule has 2 amide bonds. The Kier molecular flexibility index (Phi) is 5.68. The number of carboxylic acids is 1. The molecule has 1 aromatic carbocycles. The summed E-state index contributed by atoms with van der Waals surface area (Å²) in [5, 5.41) is 18.6. The molecule has 0 spiro atoms. The number of rotatable bonds is 6. The summed E-state index contributed by atoms with van der Waals surface area (Å²) in [6, 6.07) is 4.56. The molecule has 0 radical (unpaired) electrons. The van der Waals surface area contributed by atoms with Gasteiger partial charge in [0.2, 0.25) is 10.0 Å². The molecule has 5 N–H and O–H groups in total. The lowest BCUT2D eigenvalue weighted by Gasteiger charge is -2.13. The predicted molar refractivity (Wildman–Crippen MR) is 76.3 cm³/mol. The van der Waals surface area contributed by atoms with E-state index < -0.39 is 22.0 Å². The van der Waals surface area contributed by atoms with Crippen molar-refractivity contribution in [2.75, 3.05) is 5.32 Å². The zero-order valence-electron chi connectivity index (χ0n) is 11.4. The Labute approximate surface area is 122 Å². The smallest absolute Gasteiger partial charge is 0.319 e. The first-order valence-corrected chi connectivity index (χ1v) is 7.65. The molecule has 0 aromatic heterocycles. The van der Waals surface area contributed by atoms with E-state index >= 15 is 0 Å². The van der Waals surface area contributed by atoms with E-state index in [1.54, 1.807) is 6.92 Å². The quantitative estimate of drug-likeness (QED) is 0.612. The molecule has 1 aromatic rings. The van der Waals surface area contributed by atoms with Crippen LogP contribution in [0.2, 0.25) is 0 Å². The van der Waals surface area contributed by atoms with Crippen LogP contribution in [0.15, 0.2) is 29.2 Å². The first-order chi connectivity index (χ1) is 9.68. The molecular formula is C12H17N3O5S. The molecule has 0 bridgehead atoms. The van der Waals surface area contributed by atoms with Gasteiger partial charge in [0.05, 0.1) is 4.90 Å². The molecule has 0 fully saturated rings. The summed E-state index contributed by atoms with van der Waals surface area (Å²) in [4.78, 5) is 22.0. The van der Waals surface area contributed by atoms with Crippen molar-refractivity contribution in [1.29, 1.82) is 0 Å². The first-order valence-electron chi connectivity index (χ1n) is 6.10. The SMILES string of the molecule is CC(CCC(=O)O)NC(=O)Nc1ccc(S(N)(=O)=O)cc1. The highest BCUT2D eigenvalue weighted by Gasteiger charge is 2.10. The van der Waals surface area contributed by atoms with E-state index in [1.165, 1.54) is 24.3 Å². The highest BCUT2D eigenvalue weighted by Crippen LogP contribution is 2.12. The fraction of sp³-hybridized carbons (Fsp3) is 0.333. The van der Waals surface area contributed by atoms with Gasteiger partial charge in [-0.15, -0.1) is 0 Å². The van der Waals surface area contributed by atoms with Crippen LogP contribution in [0.25, 0.3) is 0 Å². The Morgan fingerprint density at radius 2 is 1.86 bits per heavy atom. The molecule has 0 aliphatic carbocycles. The third-order valence-corrected chi connectivity index (χ3v) is 3.54. The Bertz CT molecular complexity index is 612. The van der Waals surface area contributed by atoms with Gasteiger partial charge in [0, 0.05) is 18.2 Å². The number of carbonyl (C=O) groups is 2. The molecule has 1 unspecified atom stereocenters. The maximum atomic E-state index is 11.6. The molecular weight excluding hydrogens is 298 g/mol. The van der Waals surface area contributed by atoms with E-state index in [9.17, 15) is 18.0 Å². The maximum Gasteiger partial charge on any atom is 0.319 e. The fourth-order valence-electron chi connectivity index (χ4n) is 1.53. The van der Waals surface area contributed by atoms with Gasteiger partial charge in [-0.25, -0.2) is 18.4 Å². The van der Waals surface area contributed by atoms with Crippen molar-refractivity contribution in [3.8, 4) is 0 Å². The maximum absolute atomic E-state index is 11.6. The molecule has 1 atom stereocenters. The molecule has 8 nitrogen and oxygen atoms in total. The number of carbonyl (C=O) groups excluding carboxylic acids is 1. The van der Waals surface area contributed by atoms with Crippen molar-refractivity contribution in [2.24, 2.45) is 5.14 Å². The van der Waals surface area contributed by atoms with Crippen LogP contribution in [0.4, 0.5) is 10.5 Å². The number of primary sulfonamides is 1. The second-order valence-electron chi connectivity index (χ2n) is 4.50. The second-order valence-corrected chi connectivity index (χ2v) is 6.06. The monoisotopic (exact) mass is 315 g/mol. The van der Waals surface area contributed by atoms with E-state index in [0.29, 0.717) is 12.1 Å². The summed E-state index contributed by atoms with van der Waals surface area (Å²) in [6.45, 7) is 1.69. The van der Waals surface area contributed by atoms with Crippen LogP contribution in [0.5, 0.6) is 0 Å². The van der Waals surface area contributed by atoms with Gasteiger partial charge in [-0.05, 0) is 37.6 Å². The third kappa shape index (κ3) is 6.23. The molecule has 1 rings (SSSR count). The molecule has 0 saturated heterocycles. The summed E-state index contributed by atoms with van der Waals surface area (Å²) in [7, 11) is -3.77. The topological polar surface area (TPSA) is 139 Å². The molecule has 0 heterocycles. The summed E-state index contributed by atoms with van der Waals surface area (Å²) in [5.41, 5.74) is 0.394. The number of anilines is 1. The standard InChI is InChI=1S/C12H17N3O5S/c1-8(2-7-11(16)17)14-12(18)15-9-3-5-10(6-4-9)21(13,19)20/h3-6,8H,2,7H2,1H3,(H,16,17)(H2,13,19,20)(H2,14,15,18). The van der Waals surface area contributed by atoms with Crippen molar-refractivity contribution in [3.63, 3.8) is 0 Å². The van der Waals surface area contributed by atoms with Crippen molar-refractivity contribution >= 4 is 27.7 Å². The Balaban J connectivity index is 2.53. The average molecular weight is 315 g/mol. The Morgan fingerprint density at radius 3 is 2.33 bits per heavy atom. The summed E-state index contributed by atoms with van der Waals surface area (Å²) < 4.78 is 22.1. The largest absolute Gasteiger partial charge is 0.481 e. The van der Waals surface area contributed by atoms with E-state index in [2.05, 4.69) is 10.6 Å². The lowest BCUT2D eigenvalue weighted by atomic mass is 10.2. The third-order valence-electron chi connectivity index (χ3n) is 2.61. The van der Waals surface area contributed by atoms with Crippen LogP contribution in [0, 0.1) is 0 Å². The average Bonchev–Trinajstić information content (AvgIpc) is 2.35. The van der Waals surface area contributed by atoms with Crippen LogP contribution >= 0.6 is 0 Å². The molecule has 0 aliphatic rings. The molecule has 0 saturated carbocycles. The van der Waals surface area contributed by atoms with E-state index in [4.69, 9.17) is 10.2 Å². The summed E-state index contributed by atoms with van der Waals surface area (Å²) in [6.07, 6.45) is 0.275. The Hall–Kier alpha value is -2.13. The zero-order chi connectivity index (χ0) is 16.0. The summed E-state index contributed by atoms with van der Waals surface area (Å²) >= 11 is 0. The van der Waals surface area contributed by atoms with Gasteiger partial charge in [-0.3, -0.25) is 4.79 Å². The Morgan fingerprint density at radius 1 is 1.29 bits per heavy atom. The van der Waals surface area contributed by atoms with Crippen LogP contribution in [0.3, 0.4) is 0 Å². The van der Waals surface area contributed by atoms with Gasteiger partial charge in [-0.1, -0.05) is 0 Å². The number of nitrogens with one attached hydrogen (secondary N) is 2. The van der Waals surface area contributed by atoms with Crippen molar-refractivity contribution in [1.82, 2.24) is 5.32 Å². The van der Waals surface area contributed by atoms with Gasteiger partial charge >= 0.3 is 12.0 Å². The normalized spacial score (nSPS) is 12.5. The number of carboxylic acid groups (broad SMARTS) is 1. The predicted octanol–water partition coefficient (Wildman–Crippen LogP) is 0.709. The number of aliphatic carboxylic acids is 1. The number of nitrogens with two attached hydrogens (primary N) is 1. The molecule has 0 aliphatic heterocycles. The lowest BCUT2D eigenvalue weighted by Crippen LogP contribution is -2.36. The van der Waals surface area contributed by atoms with Gasteiger partial charge in [0.15, 0.2) is 0 Å². The number of hydrogen-bond acceptors (Lipinski definition) is 4. The number of urea groups is 1. The van der Waals surface area contributed by atoms with E-state index in [-0.39, 0.29) is 17.4 Å². The van der Waals surface area contributed by atoms with Gasteiger partial charge < -0.3 is 15.7 Å². The van der Waals surface area contributed by atoms with E-state index in [1.807, 2.05) is 0 Å². The minimum Gasteiger partial charge on any atom is -0.481 e. The van der Waals surface area contributed by atoms with Crippen LogP contribution < -0.4 is 15.8 Å². The van der Waals surface area contributed by atoms with Crippen LogP contribution in [-0.2, 0) is 14.8 Å².